The van der Waals surface area contributed by atoms with Crippen molar-refractivity contribution in [2.45, 2.75) is 24.8 Å². The van der Waals surface area contributed by atoms with Crippen LogP contribution in [-0.2, 0) is 22.8 Å². The van der Waals surface area contributed by atoms with Crippen molar-refractivity contribution in [2.24, 2.45) is 0 Å². The quantitative estimate of drug-likeness (QED) is 0.472. The molecular weight excluding hydrogens is 464 g/mol. The minimum Gasteiger partial charge on any atom is -0.493 e. The van der Waals surface area contributed by atoms with Gasteiger partial charge in [0.1, 0.15) is 23.7 Å². The summed E-state index contributed by atoms with van der Waals surface area (Å²) in [6.45, 7) is 1.95. The Morgan fingerprint density at radius 3 is 2.88 bits per heavy atom. The minimum absolute atomic E-state index is 0.0190. The molecule has 0 aliphatic carbocycles. The summed E-state index contributed by atoms with van der Waals surface area (Å²) in [5, 5.41) is 11.3. The maximum atomic E-state index is 14.6. The van der Waals surface area contributed by atoms with Gasteiger partial charge < -0.3 is 10.1 Å². The Morgan fingerprint density at radius 1 is 1.18 bits per heavy atom. The Bertz CT molecular complexity index is 1650. The summed E-state index contributed by atoms with van der Waals surface area (Å²) in [7, 11) is -3.81. The second kappa shape index (κ2) is 7.32. The standard InChI is InChI=1S/C23H17F2N5O3S/c1-12-21(25)15-8-13(2-5-20(15)34(12,31)32)16-9-26-23(30-11-28-29-22(16)30)27-10-17-14-6-7-33-19(14)4-3-18(17)24/h2-5,8-9,11H,6-7,10H2,1H3,(H,26,27). The van der Waals surface area contributed by atoms with E-state index in [2.05, 4.69) is 20.5 Å². The molecule has 6 rings (SSSR count). The van der Waals surface area contributed by atoms with Crippen molar-refractivity contribution >= 4 is 27.3 Å². The van der Waals surface area contributed by atoms with Crippen molar-refractivity contribution in [3.8, 4) is 16.9 Å². The molecule has 0 radical (unpaired) electrons. The average Bonchev–Trinajstić information content (AvgIpc) is 3.55. The number of sulfone groups is 1. The molecule has 2 aromatic carbocycles. The van der Waals surface area contributed by atoms with E-state index in [1.807, 2.05) is 0 Å². The van der Waals surface area contributed by atoms with Crippen LogP contribution in [-0.4, -0.2) is 34.6 Å². The SMILES string of the molecule is CC1=C(F)c2cc(-c3cnc(NCc4c(F)ccc5c4CCO5)n4cnnc34)ccc2S1(=O)=O. The highest BCUT2D eigenvalue weighted by atomic mass is 32.2. The van der Waals surface area contributed by atoms with Crippen LogP contribution in [0.1, 0.15) is 23.6 Å². The van der Waals surface area contributed by atoms with Crippen LogP contribution in [0.5, 0.6) is 5.75 Å². The van der Waals surface area contributed by atoms with Gasteiger partial charge in [0, 0.05) is 41.4 Å². The first-order valence-corrected chi connectivity index (χ1v) is 12.0. The highest BCUT2D eigenvalue weighted by Gasteiger charge is 2.33. The van der Waals surface area contributed by atoms with Gasteiger partial charge in [-0.25, -0.2) is 22.2 Å². The maximum absolute atomic E-state index is 14.6. The molecule has 0 atom stereocenters. The van der Waals surface area contributed by atoms with Gasteiger partial charge in [0.25, 0.3) is 0 Å². The fraction of sp³-hybridized carbons (Fsp3) is 0.174. The molecule has 8 nitrogen and oxygen atoms in total. The number of nitrogens with one attached hydrogen (secondary N) is 1. The Morgan fingerprint density at radius 2 is 2.03 bits per heavy atom. The van der Waals surface area contributed by atoms with Crippen molar-refractivity contribution in [1.29, 1.82) is 0 Å². The number of anilines is 1. The molecule has 0 saturated carbocycles. The smallest absolute Gasteiger partial charge is 0.210 e. The third kappa shape index (κ3) is 2.93. The molecule has 0 bridgehead atoms. The van der Waals surface area contributed by atoms with Crippen LogP contribution in [0.3, 0.4) is 0 Å². The van der Waals surface area contributed by atoms with Gasteiger partial charge in [-0.2, -0.15) is 0 Å². The van der Waals surface area contributed by atoms with E-state index < -0.39 is 15.7 Å². The maximum Gasteiger partial charge on any atom is 0.210 e. The molecule has 0 spiro atoms. The Balaban J connectivity index is 1.37. The van der Waals surface area contributed by atoms with Crippen molar-refractivity contribution in [3.05, 3.63) is 70.3 Å². The molecule has 1 N–H and O–H groups in total. The van der Waals surface area contributed by atoms with Crippen LogP contribution in [0.2, 0.25) is 0 Å². The predicted molar refractivity (Wildman–Crippen MR) is 120 cm³/mol. The largest absolute Gasteiger partial charge is 0.493 e. The first-order chi connectivity index (χ1) is 16.4. The molecule has 34 heavy (non-hydrogen) atoms. The van der Waals surface area contributed by atoms with Crippen LogP contribution in [0.4, 0.5) is 14.7 Å². The molecular formula is C23H17F2N5O3S. The lowest BCUT2D eigenvalue weighted by Crippen LogP contribution is -2.09. The number of allylic oxidation sites excluding steroid dienone is 1. The summed E-state index contributed by atoms with van der Waals surface area (Å²) in [4.78, 5) is 4.09. The monoisotopic (exact) mass is 481 g/mol. The Hall–Kier alpha value is -3.86. The number of nitrogens with zero attached hydrogens (tertiary/aromatic N) is 4. The number of ether oxygens (including phenoxy) is 1. The fourth-order valence-corrected chi connectivity index (χ4v) is 5.76. The summed E-state index contributed by atoms with van der Waals surface area (Å²) in [5.41, 5.74) is 2.88. The van der Waals surface area contributed by atoms with Gasteiger partial charge in [-0.3, -0.25) is 4.40 Å². The van der Waals surface area contributed by atoms with Gasteiger partial charge in [-0.05, 0) is 36.8 Å². The average molecular weight is 481 g/mol. The van der Waals surface area contributed by atoms with E-state index in [-0.39, 0.29) is 27.7 Å². The van der Waals surface area contributed by atoms with E-state index >= 15 is 0 Å². The molecule has 2 aromatic heterocycles. The van der Waals surface area contributed by atoms with Gasteiger partial charge >= 0.3 is 0 Å². The number of benzene rings is 2. The lowest BCUT2D eigenvalue weighted by atomic mass is 10.0. The lowest BCUT2D eigenvalue weighted by molar-refractivity contribution is 0.356. The van der Waals surface area contributed by atoms with Gasteiger partial charge in [0.15, 0.2) is 5.65 Å². The number of rotatable bonds is 4. The molecule has 0 amide bonds. The van der Waals surface area contributed by atoms with Crippen molar-refractivity contribution < 1.29 is 21.9 Å². The third-order valence-electron chi connectivity index (χ3n) is 6.23. The van der Waals surface area contributed by atoms with Crippen LogP contribution in [0.15, 0.2) is 52.7 Å². The zero-order chi connectivity index (χ0) is 23.6. The summed E-state index contributed by atoms with van der Waals surface area (Å²) < 4.78 is 60.9. The first kappa shape index (κ1) is 20.7. The van der Waals surface area contributed by atoms with Crippen LogP contribution in [0.25, 0.3) is 22.6 Å². The lowest BCUT2D eigenvalue weighted by Gasteiger charge is -2.13. The van der Waals surface area contributed by atoms with E-state index in [1.165, 1.54) is 31.5 Å². The van der Waals surface area contributed by atoms with Crippen molar-refractivity contribution in [3.63, 3.8) is 0 Å². The normalized spacial score (nSPS) is 16.0. The molecule has 0 fully saturated rings. The molecule has 2 aliphatic rings. The Kier molecular flexibility index (Phi) is 4.46. The second-order valence-electron chi connectivity index (χ2n) is 8.06. The highest BCUT2D eigenvalue weighted by Crippen LogP contribution is 2.41. The zero-order valence-corrected chi connectivity index (χ0v) is 18.7. The number of fused-ring (bicyclic) bond motifs is 3. The number of hydrogen-bond acceptors (Lipinski definition) is 7. The molecule has 4 heterocycles. The molecule has 11 heteroatoms. The van der Waals surface area contributed by atoms with Crippen molar-refractivity contribution in [1.82, 2.24) is 19.6 Å². The van der Waals surface area contributed by atoms with Crippen molar-refractivity contribution in [2.75, 3.05) is 11.9 Å². The first-order valence-electron chi connectivity index (χ1n) is 10.5. The topological polar surface area (TPSA) is 98.5 Å². The fourth-order valence-electron chi connectivity index (χ4n) is 4.40. The summed E-state index contributed by atoms with van der Waals surface area (Å²) in [5.74, 6) is -0.00904. The van der Waals surface area contributed by atoms with Gasteiger partial charge in [0.05, 0.1) is 16.4 Å². The van der Waals surface area contributed by atoms with Gasteiger partial charge in [-0.15, -0.1) is 10.2 Å². The molecule has 2 aliphatic heterocycles. The second-order valence-corrected chi connectivity index (χ2v) is 10.1. The predicted octanol–water partition coefficient (Wildman–Crippen LogP) is 3.92. The van der Waals surface area contributed by atoms with Crippen LogP contribution >= 0.6 is 0 Å². The summed E-state index contributed by atoms with van der Waals surface area (Å²) in [6.07, 6.45) is 3.64. The highest BCUT2D eigenvalue weighted by molar-refractivity contribution is 7.95. The number of halogens is 2. The van der Waals surface area contributed by atoms with E-state index in [0.29, 0.717) is 47.1 Å². The van der Waals surface area contributed by atoms with E-state index in [4.69, 9.17) is 4.74 Å². The van der Waals surface area contributed by atoms with Crippen LogP contribution < -0.4 is 10.1 Å². The van der Waals surface area contributed by atoms with E-state index in [9.17, 15) is 17.2 Å². The number of hydrogen-bond donors (Lipinski definition) is 1. The molecule has 0 saturated heterocycles. The van der Waals surface area contributed by atoms with Gasteiger partial charge in [-0.1, -0.05) is 6.07 Å². The number of aromatic nitrogens is 4. The molecule has 4 aromatic rings. The Labute approximate surface area is 192 Å². The molecule has 172 valence electrons. The minimum atomic E-state index is -3.81. The molecule has 0 unspecified atom stereocenters. The van der Waals surface area contributed by atoms with E-state index in [0.717, 1.165) is 5.56 Å². The van der Waals surface area contributed by atoms with E-state index in [1.54, 1.807) is 22.7 Å². The zero-order valence-electron chi connectivity index (χ0n) is 17.8. The third-order valence-corrected chi connectivity index (χ3v) is 8.15. The van der Waals surface area contributed by atoms with Gasteiger partial charge in [0.2, 0.25) is 15.8 Å². The van der Waals surface area contributed by atoms with Crippen LogP contribution in [0, 0.1) is 5.82 Å². The summed E-state index contributed by atoms with van der Waals surface area (Å²) in [6, 6.07) is 7.46. The summed E-state index contributed by atoms with van der Waals surface area (Å²) >= 11 is 0.